The number of ether oxygens (including phenoxy) is 1. The Balaban J connectivity index is 1.97. The van der Waals surface area contributed by atoms with Gasteiger partial charge in [0, 0.05) is 0 Å². The van der Waals surface area contributed by atoms with E-state index in [0.717, 1.165) is 10.2 Å². The molecule has 0 aromatic heterocycles. The van der Waals surface area contributed by atoms with E-state index in [4.69, 9.17) is 4.74 Å². The van der Waals surface area contributed by atoms with Gasteiger partial charge in [-0.15, -0.1) is 0 Å². The van der Waals surface area contributed by atoms with Crippen molar-refractivity contribution in [2.24, 2.45) is 0 Å². The van der Waals surface area contributed by atoms with Gasteiger partial charge >= 0.3 is 12.0 Å². The number of fused-ring (bicyclic) bond motifs is 1. The van der Waals surface area contributed by atoms with Crippen molar-refractivity contribution in [1.29, 1.82) is 0 Å². The summed E-state index contributed by atoms with van der Waals surface area (Å²) in [6.45, 7) is 1.97. The molecule has 3 rings (SSSR count). The second kappa shape index (κ2) is 5.98. The predicted octanol–water partition coefficient (Wildman–Crippen LogP) is 3.03. The molecule has 0 saturated carbocycles. The molecule has 1 heterocycles. The van der Waals surface area contributed by atoms with Gasteiger partial charge < -0.3 is 10.1 Å². The lowest BCUT2D eigenvalue weighted by molar-refractivity contribution is 0.0526. The molecule has 0 fully saturated rings. The first-order valence-electron chi connectivity index (χ1n) is 7.08. The smallest absolute Gasteiger partial charge is 0.347 e. The van der Waals surface area contributed by atoms with E-state index in [1.54, 1.807) is 49.4 Å². The summed E-state index contributed by atoms with van der Waals surface area (Å²) < 4.78 is 4.95. The van der Waals surface area contributed by atoms with Crippen molar-refractivity contribution in [3.63, 3.8) is 0 Å². The van der Waals surface area contributed by atoms with Gasteiger partial charge in [0.15, 0.2) is 0 Å². The molecule has 0 unspecified atom stereocenters. The molecule has 1 aliphatic heterocycles. The Kier molecular flexibility index (Phi) is 3.86. The van der Waals surface area contributed by atoms with Crippen LogP contribution in [0, 0.1) is 0 Å². The lowest BCUT2D eigenvalue weighted by Gasteiger charge is -2.36. The molecule has 0 aliphatic carbocycles. The molecule has 0 bridgehead atoms. The quantitative estimate of drug-likeness (QED) is 0.851. The highest BCUT2D eigenvalue weighted by Gasteiger charge is 2.30. The topological polar surface area (TPSA) is 82.1 Å². The summed E-state index contributed by atoms with van der Waals surface area (Å²) in [6, 6.07) is 12.6. The average Bonchev–Trinajstić information content (AvgIpc) is 2.55. The number of hydrazine groups is 1. The van der Waals surface area contributed by atoms with E-state index in [2.05, 4.69) is 5.32 Å². The van der Waals surface area contributed by atoms with E-state index >= 15 is 0 Å². The highest BCUT2D eigenvalue weighted by Crippen LogP contribution is 2.33. The third kappa shape index (κ3) is 2.69. The molecule has 0 atom stereocenters. The number of carbonyl (C=O) groups excluding carboxylic acids is 2. The standard InChI is InChI=1S/C16H15N3O4/c1-2-23-15(20)11-6-5-7-12(10-11)18-16(21)17-13-8-3-4-9-14(13)19(18)22/h3-10,22H,2H2,1H3,(H,17,21). The number of anilines is 3. The first-order valence-corrected chi connectivity index (χ1v) is 7.08. The second-order valence-corrected chi connectivity index (χ2v) is 4.82. The van der Waals surface area contributed by atoms with Crippen LogP contribution < -0.4 is 15.5 Å². The summed E-state index contributed by atoms with van der Waals surface area (Å²) in [7, 11) is 0. The van der Waals surface area contributed by atoms with Crippen molar-refractivity contribution in [3.8, 4) is 0 Å². The van der Waals surface area contributed by atoms with E-state index in [1.807, 2.05) is 0 Å². The number of urea groups is 1. The summed E-state index contributed by atoms with van der Waals surface area (Å²) in [6.07, 6.45) is 0. The number of carbonyl (C=O) groups is 2. The van der Waals surface area contributed by atoms with Gasteiger partial charge in [-0.2, -0.15) is 10.2 Å². The number of nitrogens with one attached hydrogen (secondary N) is 1. The molecule has 0 radical (unpaired) electrons. The molecule has 0 saturated heterocycles. The lowest BCUT2D eigenvalue weighted by Crippen LogP contribution is -2.51. The zero-order valence-electron chi connectivity index (χ0n) is 12.4. The molecule has 1 aliphatic rings. The number of rotatable bonds is 3. The minimum absolute atomic E-state index is 0.257. The van der Waals surface area contributed by atoms with E-state index in [0.29, 0.717) is 22.6 Å². The number of esters is 1. The maximum atomic E-state index is 12.3. The molecule has 7 nitrogen and oxygen atoms in total. The van der Waals surface area contributed by atoms with Crippen LogP contribution in [0.3, 0.4) is 0 Å². The molecule has 2 aromatic rings. The Bertz CT molecular complexity index is 762. The first-order chi connectivity index (χ1) is 11.1. The Morgan fingerprint density at radius 2 is 2.00 bits per heavy atom. The van der Waals surface area contributed by atoms with Crippen LogP contribution in [0.25, 0.3) is 0 Å². The molecule has 7 heteroatoms. The van der Waals surface area contributed by atoms with Gasteiger partial charge in [-0.25, -0.2) is 9.59 Å². The van der Waals surface area contributed by atoms with Crippen LogP contribution in [-0.2, 0) is 4.74 Å². The van der Waals surface area contributed by atoms with E-state index in [-0.39, 0.29) is 6.61 Å². The molecule has 2 amide bonds. The second-order valence-electron chi connectivity index (χ2n) is 4.82. The summed E-state index contributed by atoms with van der Waals surface area (Å²) in [5.41, 5.74) is 1.56. The highest BCUT2D eigenvalue weighted by molar-refractivity contribution is 6.08. The molecule has 2 N–H and O–H groups in total. The Labute approximate surface area is 132 Å². The van der Waals surface area contributed by atoms with Crippen LogP contribution in [-0.4, -0.2) is 23.8 Å². The fourth-order valence-corrected chi connectivity index (χ4v) is 2.32. The van der Waals surface area contributed by atoms with Gasteiger partial charge in [0.1, 0.15) is 5.69 Å². The Morgan fingerprint density at radius 1 is 1.22 bits per heavy atom. The van der Waals surface area contributed by atoms with Crippen molar-refractivity contribution in [3.05, 3.63) is 54.1 Å². The molecule has 118 valence electrons. The molecule has 2 aromatic carbocycles. The van der Waals surface area contributed by atoms with Crippen LogP contribution >= 0.6 is 0 Å². The van der Waals surface area contributed by atoms with Gasteiger partial charge in [0.25, 0.3) is 0 Å². The van der Waals surface area contributed by atoms with Crippen LogP contribution in [0.1, 0.15) is 17.3 Å². The van der Waals surface area contributed by atoms with Gasteiger partial charge in [0.2, 0.25) is 0 Å². The van der Waals surface area contributed by atoms with Crippen molar-refractivity contribution < 1.29 is 19.5 Å². The van der Waals surface area contributed by atoms with Gasteiger partial charge in [0.05, 0.1) is 23.5 Å². The number of para-hydroxylation sites is 2. The zero-order valence-corrected chi connectivity index (χ0v) is 12.4. The minimum Gasteiger partial charge on any atom is -0.462 e. The normalized spacial score (nSPS) is 13.4. The van der Waals surface area contributed by atoms with Crippen molar-refractivity contribution in [1.82, 2.24) is 0 Å². The van der Waals surface area contributed by atoms with Crippen LogP contribution in [0.2, 0.25) is 0 Å². The molecular weight excluding hydrogens is 298 g/mol. The van der Waals surface area contributed by atoms with Gasteiger partial charge in [-0.05, 0) is 37.3 Å². The average molecular weight is 313 g/mol. The Hall–Kier alpha value is -3.06. The van der Waals surface area contributed by atoms with E-state index < -0.39 is 12.0 Å². The van der Waals surface area contributed by atoms with Crippen LogP contribution in [0.15, 0.2) is 48.5 Å². The summed E-state index contributed by atoms with van der Waals surface area (Å²) in [5, 5.41) is 14.8. The van der Waals surface area contributed by atoms with Crippen molar-refractivity contribution in [2.75, 3.05) is 22.1 Å². The predicted molar refractivity (Wildman–Crippen MR) is 84.6 cm³/mol. The van der Waals surface area contributed by atoms with Gasteiger partial charge in [-0.3, -0.25) is 5.21 Å². The highest BCUT2D eigenvalue weighted by atomic mass is 16.6. The number of amides is 2. The largest absolute Gasteiger partial charge is 0.462 e. The maximum absolute atomic E-state index is 12.3. The fraction of sp³-hybridized carbons (Fsp3) is 0.125. The SMILES string of the molecule is CCOC(=O)c1cccc(N2C(=O)Nc3ccccc3N2O)c1. The first kappa shape index (κ1) is 14.9. The van der Waals surface area contributed by atoms with Crippen LogP contribution in [0.5, 0.6) is 0 Å². The number of nitrogens with zero attached hydrogens (tertiary/aromatic N) is 2. The fourth-order valence-electron chi connectivity index (χ4n) is 2.32. The molecule has 23 heavy (non-hydrogen) atoms. The molecular formula is C16H15N3O4. The molecule has 0 spiro atoms. The zero-order chi connectivity index (χ0) is 16.4. The summed E-state index contributed by atoms with van der Waals surface area (Å²) in [4.78, 5) is 24.1. The Morgan fingerprint density at radius 3 is 2.78 bits per heavy atom. The van der Waals surface area contributed by atoms with Crippen molar-refractivity contribution in [2.45, 2.75) is 6.92 Å². The van der Waals surface area contributed by atoms with Crippen molar-refractivity contribution >= 4 is 29.1 Å². The number of benzene rings is 2. The third-order valence-electron chi connectivity index (χ3n) is 3.34. The number of hydrogen-bond acceptors (Lipinski definition) is 5. The number of hydrogen-bond donors (Lipinski definition) is 2. The van der Waals surface area contributed by atoms with E-state index in [9.17, 15) is 14.8 Å². The van der Waals surface area contributed by atoms with Gasteiger partial charge in [-0.1, -0.05) is 18.2 Å². The summed E-state index contributed by atoms with van der Waals surface area (Å²) in [5.74, 6) is -0.489. The lowest BCUT2D eigenvalue weighted by atomic mass is 10.2. The monoisotopic (exact) mass is 313 g/mol. The minimum atomic E-state index is -0.535. The third-order valence-corrected chi connectivity index (χ3v) is 3.34. The van der Waals surface area contributed by atoms with Crippen LogP contribution in [0.4, 0.5) is 21.9 Å². The summed E-state index contributed by atoms with van der Waals surface area (Å²) >= 11 is 0. The van der Waals surface area contributed by atoms with E-state index in [1.165, 1.54) is 6.07 Å². The maximum Gasteiger partial charge on any atom is 0.347 e.